The average molecular weight is 220 g/mol. The number of rotatable bonds is 4. The molecule has 1 N–H and O–H groups in total. The first kappa shape index (κ1) is 11.0. The number of fused-ring (bicyclic) bond motifs is 1. The summed E-state index contributed by atoms with van der Waals surface area (Å²) in [5, 5.41) is 3.12. The molecule has 0 aliphatic carbocycles. The van der Waals surface area contributed by atoms with Gasteiger partial charge in [0.25, 0.3) is 0 Å². The van der Waals surface area contributed by atoms with Gasteiger partial charge in [0.15, 0.2) is 5.58 Å². The fraction of sp³-hybridized carbons (Fsp3) is 0.417. The van der Waals surface area contributed by atoms with E-state index in [-0.39, 0.29) is 5.76 Å². The van der Waals surface area contributed by atoms with Gasteiger partial charge in [0, 0.05) is 7.05 Å². The molecule has 1 aromatic heterocycles. The Kier molecular flexibility index (Phi) is 3.10. The Labute approximate surface area is 93.9 Å². The Morgan fingerprint density at radius 2 is 2.25 bits per heavy atom. The first-order chi connectivity index (χ1) is 7.72. The lowest BCUT2D eigenvalue weighted by molar-refractivity contribution is 0.528. The van der Waals surface area contributed by atoms with Gasteiger partial charge in [-0.15, -0.1) is 0 Å². The van der Waals surface area contributed by atoms with E-state index in [0.717, 1.165) is 24.9 Å². The topological polar surface area (TPSA) is 47.2 Å². The van der Waals surface area contributed by atoms with Crippen LogP contribution in [-0.2, 0) is 13.5 Å². The molecular weight excluding hydrogens is 204 g/mol. The summed E-state index contributed by atoms with van der Waals surface area (Å²) in [5.41, 5.74) is 2.76. The van der Waals surface area contributed by atoms with Gasteiger partial charge in [-0.25, -0.2) is 4.79 Å². The van der Waals surface area contributed by atoms with E-state index in [2.05, 4.69) is 5.32 Å². The lowest BCUT2D eigenvalue weighted by Crippen LogP contribution is -2.09. The van der Waals surface area contributed by atoms with Crippen molar-refractivity contribution in [2.45, 2.75) is 12.8 Å². The molecule has 1 heterocycles. The van der Waals surface area contributed by atoms with Crippen LogP contribution in [0.5, 0.6) is 0 Å². The van der Waals surface area contributed by atoms with Crippen LogP contribution in [0.15, 0.2) is 27.4 Å². The summed E-state index contributed by atoms with van der Waals surface area (Å²) in [4.78, 5) is 11.3. The highest BCUT2D eigenvalue weighted by atomic mass is 16.4. The third-order valence-electron chi connectivity index (χ3n) is 2.75. The van der Waals surface area contributed by atoms with E-state index >= 15 is 0 Å². The third kappa shape index (κ3) is 2.02. The first-order valence-corrected chi connectivity index (χ1v) is 5.45. The van der Waals surface area contributed by atoms with E-state index in [1.54, 1.807) is 7.05 Å². The molecule has 0 saturated heterocycles. The van der Waals surface area contributed by atoms with Crippen LogP contribution in [0.3, 0.4) is 0 Å². The van der Waals surface area contributed by atoms with Gasteiger partial charge in [-0.2, -0.15) is 0 Å². The molecule has 0 bridgehead atoms. The van der Waals surface area contributed by atoms with Crippen molar-refractivity contribution in [3.05, 3.63) is 34.3 Å². The Morgan fingerprint density at radius 1 is 1.44 bits per heavy atom. The number of nitrogens with one attached hydrogen (secondary N) is 1. The van der Waals surface area contributed by atoms with Gasteiger partial charge in [0.1, 0.15) is 0 Å². The molecule has 0 fully saturated rings. The van der Waals surface area contributed by atoms with Crippen molar-refractivity contribution >= 4 is 11.1 Å². The zero-order valence-electron chi connectivity index (χ0n) is 9.62. The molecule has 4 nitrogen and oxygen atoms in total. The second kappa shape index (κ2) is 4.53. The van der Waals surface area contributed by atoms with Gasteiger partial charge < -0.3 is 9.73 Å². The minimum atomic E-state index is -0.303. The molecule has 2 aromatic rings. The van der Waals surface area contributed by atoms with Crippen molar-refractivity contribution < 1.29 is 4.42 Å². The van der Waals surface area contributed by atoms with Crippen molar-refractivity contribution in [2.75, 3.05) is 13.6 Å². The van der Waals surface area contributed by atoms with Crippen LogP contribution in [0.2, 0.25) is 0 Å². The van der Waals surface area contributed by atoms with Gasteiger partial charge in [-0.3, -0.25) is 4.57 Å². The van der Waals surface area contributed by atoms with Crippen LogP contribution in [0.1, 0.15) is 12.0 Å². The minimum Gasteiger partial charge on any atom is -0.408 e. The van der Waals surface area contributed by atoms with Crippen molar-refractivity contribution in [1.29, 1.82) is 0 Å². The fourth-order valence-electron chi connectivity index (χ4n) is 1.80. The van der Waals surface area contributed by atoms with Gasteiger partial charge >= 0.3 is 5.76 Å². The Bertz CT molecular complexity index is 539. The van der Waals surface area contributed by atoms with Crippen molar-refractivity contribution in [2.24, 2.45) is 7.05 Å². The number of hydrogen-bond donors (Lipinski definition) is 1. The van der Waals surface area contributed by atoms with E-state index < -0.39 is 0 Å². The largest absolute Gasteiger partial charge is 0.419 e. The lowest BCUT2D eigenvalue weighted by Gasteiger charge is -2.01. The fourth-order valence-corrected chi connectivity index (χ4v) is 1.80. The molecule has 0 saturated carbocycles. The standard InChI is InChI=1S/C12H16N2O2/c1-13-7-3-4-9-5-6-11-10(8-9)14(2)12(15)16-11/h5-6,8,13H,3-4,7H2,1-2H3. The molecule has 0 unspecified atom stereocenters. The number of benzene rings is 1. The van der Waals surface area contributed by atoms with Crippen LogP contribution in [0.4, 0.5) is 0 Å². The summed E-state index contributed by atoms with van der Waals surface area (Å²) in [6.07, 6.45) is 2.10. The normalized spacial score (nSPS) is 11.1. The minimum absolute atomic E-state index is 0.303. The van der Waals surface area contributed by atoms with Gasteiger partial charge in [0.2, 0.25) is 0 Å². The second-order valence-electron chi connectivity index (χ2n) is 3.94. The molecule has 2 rings (SSSR count). The number of aryl methyl sites for hydroxylation is 2. The zero-order chi connectivity index (χ0) is 11.5. The van der Waals surface area contributed by atoms with E-state index in [4.69, 9.17) is 4.42 Å². The molecule has 0 atom stereocenters. The van der Waals surface area contributed by atoms with E-state index in [1.165, 1.54) is 10.1 Å². The predicted octanol–water partition coefficient (Wildman–Crippen LogP) is 1.28. The highest BCUT2D eigenvalue weighted by Gasteiger charge is 2.05. The molecule has 1 aromatic carbocycles. The number of hydrogen-bond acceptors (Lipinski definition) is 3. The molecule has 4 heteroatoms. The number of oxazole rings is 1. The smallest absolute Gasteiger partial charge is 0.408 e. The van der Waals surface area contributed by atoms with E-state index in [0.29, 0.717) is 5.58 Å². The average Bonchev–Trinajstić information content (AvgIpc) is 2.56. The van der Waals surface area contributed by atoms with Crippen molar-refractivity contribution in [3.63, 3.8) is 0 Å². The quantitative estimate of drug-likeness (QED) is 0.790. The van der Waals surface area contributed by atoms with Gasteiger partial charge in [-0.1, -0.05) is 6.07 Å². The van der Waals surface area contributed by atoms with Crippen LogP contribution in [0, 0.1) is 0 Å². The zero-order valence-corrected chi connectivity index (χ0v) is 9.62. The van der Waals surface area contributed by atoms with E-state index in [9.17, 15) is 4.79 Å². The van der Waals surface area contributed by atoms with Crippen LogP contribution in [-0.4, -0.2) is 18.2 Å². The molecule has 86 valence electrons. The van der Waals surface area contributed by atoms with Gasteiger partial charge in [-0.05, 0) is 44.1 Å². The molecule has 0 aliphatic rings. The highest BCUT2D eigenvalue weighted by Crippen LogP contribution is 2.15. The van der Waals surface area contributed by atoms with Crippen LogP contribution < -0.4 is 11.1 Å². The second-order valence-corrected chi connectivity index (χ2v) is 3.94. The molecule has 0 radical (unpaired) electrons. The third-order valence-corrected chi connectivity index (χ3v) is 2.75. The summed E-state index contributed by atoms with van der Waals surface area (Å²) in [5.74, 6) is -0.303. The monoisotopic (exact) mass is 220 g/mol. The molecular formula is C12H16N2O2. The Morgan fingerprint density at radius 3 is 3.00 bits per heavy atom. The Balaban J connectivity index is 2.28. The van der Waals surface area contributed by atoms with E-state index in [1.807, 2.05) is 25.2 Å². The molecule has 16 heavy (non-hydrogen) atoms. The summed E-state index contributed by atoms with van der Waals surface area (Å²) in [6, 6.07) is 5.91. The van der Waals surface area contributed by atoms with Crippen molar-refractivity contribution in [1.82, 2.24) is 9.88 Å². The predicted molar refractivity (Wildman–Crippen MR) is 63.7 cm³/mol. The number of nitrogens with zero attached hydrogens (tertiary/aromatic N) is 1. The summed E-state index contributed by atoms with van der Waals surface area (Å²) >= 11 is 0. The highest BCUT2D eigenvalue weighted by molar-refractivity contribution is 5.73. The Hall–Kier alpha value is -1.55. The molecule has 0 aliphatic heterocycles. The maximum atomic E-state index is 11.3. The summed E-state index contributed by atoms with van der Waals surface area (Å²) in [7, 11) is 3.68. The van der Waals surface area contributed by atoms with Crippen LogP contribution in [0.25, 0.3) is 11.1 Å². The van der Waals surface area contributed by atoms with Crippen LogP contribution >= 0.6 is 0 Å². The lowest BCUT2D eigenvalue weighted by atomic mass is 10.1. The van der Waals surface area contributed by atoms with Crippen molar-refractivity contribution in [3.8, 4) is 0 Å². The first-order valence-electron chi connectivity index (χ1n) is 5.45. The maximum absolute atomic E-state index is 11.3. The maximum Gasteiger partial charge on any atom is 0.419 e. The summed E-state index contributed by atoms with van der Waals surface area (Å²) < 4.78 is 6.61. The van der Waals surface area contributed by atoms with Gasteiger partial charge in [0.05, 0.1) is 5.52 Å². The summed E-state index contributed by atoms with van der Waals surface area (Å²) in [6.45, 7) is 1.00. The SMILES string of the molecule is CNCCCc1ccc2oc(=O)n(C)c2c1. The number of aromatic nitrogens is 1. The molecule has 0 spiro atoms. The molecule has 0 amide bonds.